The summed E-state index contributed by atoms with van der Waals surface area (Å²) in [6.07, 6.45) is 1.85. The molecule has 0 unspecified atom stereocenters. The van der Waals surface area contributed by atoms with Crippen LogP contribution in [0.5, 0.6) is 0 Å². The maximum Gasteiger partial charge on any atom is 0.407 e. The minimum absolute atomic E-state index is 0.0660. The number of carboxylic acids is 1. The van der Waals surface area contributed by atoms with E-state index in [1.54, 1.807) is 20.8 Å². The molecule has 18 heavy (non-hydrogen) atoms. The molecular formula is C13H23NO4. The van der Waals surface area contributed by atoms with E-state index >= 15 is 0 Å². The van der Waals surface area contributed by atoms with Gasteiger partial charge in [-0.3, -0.25) is 4.79 Å². The predicted molar refractivity (Wildman–Crippen MR) is 67.3 cm³/mol. The molecule has 0 spiro atoms. The van der Waals surface area contributed by atoms with Crippen molar-refractivity contribution in [1.82, 2.24) is 5.32 Å². The Bertz CT molecular complexity index is 321. The Kier molecular flexibility index (Phi) is 4.59. The van der Waals surface area contributed by atoms with Crippen molar-refractivity contribution in [2.45, 2.75) is 58.6 Å². The highest BCUT2D eigenvalue weighted by Crippen LogP contribution is 2.30. The largest absolute Gasteiger partial charge is 0.481 e. The first-order valence-corrected chi connectivity index (χ1v) is 6.43. The summed E-state index contributed by atoms with van der Waals surface area (Å²) in [7, 11) is 0. The molecule has 1 saturated carbocycles. The number of aliphatic carboxylic acids is 1. The average molecular weight is 257 g/mol. The fourth-order valence-corrected chi connectivity index (χ4v) is 2.37. The van der Waals surface area contributed by atoms with Gasteiger partial charge in [0.1, 0.15) is 5.60 Å². The Balaban J connectivity index is 2.56. The summed E-state index contributed by atoms with van der Waals surface area (Å²) in [5.41, 5.74) is -0.534. The van der Waals surface area contributed by atoms with Gasteiger partial charge in [-0.15, -0.1) is 0 Å². The monoisotopic (exact) mass is 257 g/mol. The molecular weight excluding hydrogens is 234 g/mol. The highest BCUT2D eigenvalue weighted by molar-refractivity contribution is 5.71. The van der Waals surface area contributed by atoms with E-state index in [-0.39, 0.29) is 17.9 Å². The number of ether oxygens (including phenoxy) is 1. The lowest BCUT2D eigenvalue weighted by atomic mass is 9.77. The summed E-state index contributed by atoms with van der Waals surface area (Å²) in [6, 6.07) is -0.116. The maximum absolute atomic E-state index is 11.7. The Hall–Kier alpha value is -1.26. The second-order valence-corrected chi connectivity index (χ2v) is 5.99. The van der Waals surface area contributed by atoms with Gasteiger partial charge in [0.05, 0.1) is 5.92 Å². The molecule has 5 nitrogen and oxygen atoms in total. The number of amides is 1. The number of carbonyl (C=O) groups excluding carboxylic acids is 1. The van der Waals surface area contributed by atoms with E-state index in [1.807, 2.05) is 6.92 Å². The number of rotatable bonds is 2. The van der Waals surface area contributed by atoms with Gasteiger partial charge in [-0.2, -0.15) is 0 Å². The summed E-state index contributed by atoms with van der Waals surface area (Å²) >= 11 is 0. The molecule has 1 aliphatic rings. The van der Waals surface area contributed by atoms with E-state index in [0.717, 1.165) is 12.8 Å². The zero-order chi connectivity index (χ0) is 13.9. The number of hydrogen-bond acceptors (Lipinski definition) is 3. The fraction of sp³-hybridized carbons (Fsp3) is 0.846. The third kappa shape index (κ3) is 4.20. The molecule has 0 aromatic rings. The van der Waals surface area contributed by atoms with Gasteiger partial charge >= 0.3 is 12.1 Å². The van der Waals surface area contributed by atoms with E-state index in [1.165, 1.54) is 0 Å². The number of nitrogens with one attached hydrogen (secondary N) is 1. The van der Waals surface area contributed by atoms with Crippen molar-refractivity contribution in [2.24, 2.45) is 11.8 Å². The minimum Gasteiger partial charge on any atom is -0.481 e. The Morgan fingerprint density at radius 2 is 1.89 bits per heavy atom. The molecule has 0 heterocycles. The Morgan fingerprint density at radius 1 is 1.28 bits per heavy atom. The molecule has 1 amide bonds. The zero-order valence-electron chi connectivity index (χ0n) is 11.5. The smallest absolute Gasteiger partial charge is 0.407 e. The number of carboxylic acid groups (broad SMARTS) is 1. The third-order valence-electron chi connectivity index (χ3n) is 3.32. The summed E-state index contributed by atoms with van der Waals surface area (Å²) in [6.45, 7) is 7.28. The number of hydrogen-bond donors (Lipinski definition) is 2. The molecule has 5 heteroatoms. The van der Waals surface area contributed by atoms with Crippen LogP contribution in [-0.2, 0) is 9.53 Å². The topological polar surface area (TPSA) is 75.6 Å². The second-order valence-electron chi connectivity index (χ2n) is 5.99. The van der Waals surface area contributed by atoms with Crippen LogP contribution >= 0.6 is 0 Å². The SMILES string of the molecule is C[C@@H]1[C@H](NC(=O)OC(C)(C)C)CCC[C@H]1C(=O)O. The van der Waals surface area contributed by atoms with Gasteiger partial charge in [-0.1, -0.05) is 13.3 Å². The maximum atomic E-state index is 11.7. The van der Waals surface area contributed by atoms with Gasteiger partial charge in [0.15, 0.2) is 0 Å². The van der Waals surface area contributed by atoms with Gasteiger partial charge < -0.3 is 15.2 Å². The van der Waals surface area contributed by atoms with Gasteiger partial charge in [-0.05, 0) is 39.5 Å². The minimum atomic E-state index is -0.779. The molecule has 2 N–H and O–H groups in total. The van der Waals surface area contributed by atoms with Crippen LogP contribution in [0.15, 0.2) is 0 Å². The molecule has 1 aliphatic carbocycles. The second kappa shape index (κ2) is 5.59. The molecule has 0 bridgehead atoms. The first-order valence-electron chi connectivity index (χ1n) is 6.43. The molecule has 104 valence electrons. The van der Waals surface area contributed by atoms with Crippen molar-refractivity contribution >= 4 is 12.1 Å². The molecule has 1 rings (SSSR count). The fourth-order valence-electron chi connectivity index (χ4n) is 2.37. The Morgan fingerprint density at radius 3 is 2.39 bits per heavy atom. The van der Waals surface area contributed by atoms with Crippen molar-refractivity contribution in [1.29, 1.82) is 0 Å². The van der Waals surface area contributed by atoms with Crippen LogP contribution in [0.3, 0.4) is 0 Å². The normalized spacial score (nSPS) is 28.6. The van der Waals surface area contributed by atoms with Crippen molar-refractivity contribution in [3.05, 3.63) is 0 Å². The Labute approximate surface area is 108 Å². The van der Waals surface area contributed by atoms with Gasteiger partial charge in [-0.25, -0.2) is 4.79 Å². The van der Waals surface area contributed by atoms with Crippen molar-refractivity contribution in [3.8, 4) is 0 Å². The van der Waals surface area contributed by atoms with Gasteiger partial charge in [0, 0.05) is 6.04 Å². The van der Waals surface area contributed by atoms with Crippen LogP contribution in [0.1, 0.15) is 47.0 Å². The van der Waals surface area contributed by atoms with E-state index in [0.29, 0.717) is 6.42 Å². The lowest BCUT2D eigenvalue weighted by Gasteiger charge is -2.34. The van der Waals surface area contributed by atoms with Crippen molar-refractivity contribution in [2.75, 3.05) is 0 Å². The molecule has 0 aromatic heterocycles. The summed E-state index contributed by atoms with van der Waals surface area (Å²) in [5, 5.41) is 11.9. The molecule has 1 fully saturated rings. The molecule has 0 saturated heterocycles. The van der Waals surface area contributed by atoms with Crippen LogP contribution in [0.25, 0.3) is 0 Å². The standard InChI is InChI=1S/C13H23NO4/c1-8-9(11(15)16)6-5-7-10(8)14-12(17)18-13(2,3)4/h8-10H,5-7H2,1-4H3,(H,14,17)(H,15,16)/t8-,9+,10+/m0/s1. The highest BCUT2D eigenvalue weighted by atomic mass is 16.6. The van der Waals surface area contributed by atoms with Gasteiger partial charge in [0.2, 0.25) is 0 Å². The van der Waals surface area contributed by atoms with E-state index in [2.05, 4.69) is 5.32 Å². The van der Waals surface area contributed by atoms with Crippen LogP contribution in [0.2, 0.25) is 0 Å². The van der Waals surface area contributed by atoms with E-state index < -0.39 is 17.7 Å². The lowest BCUT2D eigenvalue weighted by molar-refractivity contribution is -0.145. The predicted octanol–water partition coefficient (Wildman–Crippen LogP) is 2.40. The molecule has 0 aliphatic heterocycles. The van der Waals surface area contributed by atoms with Crippen LogP contribution in [0, 0.1) is 11.8 Å². The quantitative estimate of drug-likeness (QED) is 0.796. The summed E-state index contributed by atoms with van der Waals surface area (Å²) in [4.78, 5) is 22.7. The highest BCUT2D eigenvalue weighted by Gasteiger charge is 2.35. The number of carbonyl (C=O) groups is 2. The van der Waals surface area contributed by atoms with Gasteiger partial charge in [0.25, 0.3) is 0 Å². The van der Waals surface area contributed by atoms with E-state index in [4.69, 9.17) is 9.84 Å². The molecule has 0 aromatic carbocycles. The third-order valence-corrected chi connectivity index (χ3v) is 3.32. The van der Waals surface area contributed by atoms with Crippen molar-refractivity contribution < 1.29 is 19.4 Å². The summed E-state index contributed by atoms with van der Waals surface area (Å²) < 4.78 is 5.19. The lowest BCUT2D eigenvalue weighted by Crippen LogP contribution is -2.47. The summed E-state index contributed by atoms with van der Waals surface area (Å²) in [5.74, 6) is -1.22. The molecule has 0 radical (unpaired) electrons. The van der Waals surface area contributed by atoms with Crippen LogP contribution in [0.4, 0.5) is 4.79 Å². The average Bonchev–Trinajstić information content (AvgIpc) is 2.17. The number of alkyl carbamates (subject to hydrolysis) is 1. The van der Waals surface area contributed by atoms with Crippen LogP contribution < -0.4 is 5.32 Å². The zero-order valence-corrected chi connectivity index (χ0v) is 11.5. The van der Waals surface area contributed by atoms with Crippen molar-refractivity contribution in [3.63, 3.8) is 0 Å². The van der Waals surface area contributed by atoms with E-state index in [9.17, 15) is 9.59 Å². The first-order chi connectivity index (χ1) is 8.20. The molecule has 3 atom stereocenters. The van der Waals surface area contributed by atoms with Crippen LogP contribution in [-0.4, -0.2) is 28.8 Å². The first kappa shape index (κ1) is 14.8.